The minimum absolute atomic E-state index is 0.0151. The Morgan fingerprint density at radius 1 is 1.17 bits per heavy atom. The fourth-order valence-corrected chi connectivity index (χ4v) is 3.28. The molecule has 158 valence electrons. The largest absolute Gasteiger partial charge is 0.493 e. The van der Waals surface area contributed by atoms with Crippen molar-refractivity contribution in [3.05, 3.63) is 52.5 Å². The number of hydrogen-bond donors (Lipinski definition) is 1. The van der Waals surface area contributed by atoms with Gasteiger partial charge in [-0.05, 0) is 49.7 Å². The first-order valence-corrected chi connectivity index (χ1v) is 11.1. The lowest BCUT2D eigenvalue weighted by atomic mass is 10.1. The van der Waals surface area contributed by atoms with Crippen LogP contribution in [0.15, 0.2) is 36.4 Å². The summed E-state index contributed by atoms with van der Waals surface area (Å²) in [5.74, 6) is 0.841. The maximum atomic E-state index is 12.5. The van der Waals surface area contributed by atoms with Crippen molar-refractivity contribution in [1.29, 1.82) is 0 Å². The van der Waals surface area contributed by atoms with Gasteiger partial charge in [-0.3, -0.25) is 9.10 Å². The minimum Gasteiger partial charge on any atom is -0.493 e. The van der Waals surface area contributed by atoms with E-state index in [-0.39, 0.29) is 29.1 Å². The Labute approximate surface area is 176 Å². The Hall–Kier alpha value is -2.45. The van der Waals surface area contributed by atoms with Gasteiger partial charge < -0.3 is 14.8 Å². The van der Waals surface area contributed by atoms with E-state index in [2.05, 4.69) is 5.32 Å². The third kappa shape index (κ3) is 6.01. The van der Waals surface area contributed by atoms with Gasteiger partial charge >= 0.3 is 0 Å². The number of carbonyl (C=O) groups is 1. The van der Waals surface area contributed by atoms with Crippen molar-refractivity contribution in [2.75, 3.05) is 24.7 Å². The van der Waals surface area contributed by atoms with E-state index < -0.39 is 10.0 Å². The lowest BCUT2D eigenvalue weighted by Crippen LogP contribution is -2.26. The summed E-state index contributed by atoms with van der Waals surface area (Å²) in [6, 6.07) is 9.90. The standard InChI is InChI=1S/C20H25ClN2O5S/c1-13(2)28-18-9-6-14(10-19(18)27-4)12-22-20(24)16-8-7-15(11-17(16)21)23(3)29(5,25)26/h6-11,13H,12H2,1-5H3,(H,22,24). The van der Waals surface area contributed by atoms with Crippen LogP contribution < -0.4 is 19.1 Å². The molecule has 0 aliphatic rings. The Morgan fingerprint density at radius 3 is 2.41 bits per heavy atom. The van der Waals surface area contributed by atoms with Gasteiger partial charge in [-0.1, -0.05) is 17.7 Å². The van der Waals surface area contributed by atoms with Crippen LogP contribution in [-0.4, -0.2) is 40.8 Å². The van der Waals surface area contributed by atoms with Gasteiger partial charge in [0.1, 0.15) is 0 Å². The van der Waals surface area contributed by atoms with Crippen molar-refractivity contribution in [2.24, 2.45) is 0 Å². The first kappa shape index (κ1) is 22.8. The van der Waals surface area contributed by atoms with Crippen LogP contribution in [0.25, 0.3) is 0 Å². The number of nitrogens with one attached hydrogen (secondary N) is 1. The highest BCUT2D eigenvalue weighted by Gasteiger charge is 2.16. The maximum absolute atomic E-state index is 12.5. The molecule has 29 heavy (non-hydrogen) atoms. The van der Waals surface area contributed by atoms with Crippen molar-refractivity contribution in [1.82, 2.24) is 5.32 Å². The minimum atomic E-state index is -3.42. The average molecular weight is 441 g/mol. The molecule has 0 fully saturated rings. The predicted octanol–water partition coefficient (Wildman–Crippen LogP) is 3.46. The molecule has 0 bridgehead atoms. The van der Waals surface area contributed by atoms with Crippen molar-refractivity contribution >= 4 is 33.2 Å². The van der Waals surface area contributed by atoms with Gasteiger partial charge in [-0.2, -0.15) is 0 Å². The molecule has 0 heterocycles. The summed E-state index contributed by atoms with van der Waals surface area (Å²) in [6.45, 7) is 4.12. The number of halogens is 1. The lowest BCUT2D eigenvalue weighted by Gasteiger charge is -2.17. The molecule has 0 saturated carbocycles. The molecule has 9 heteroatoms. The molecule has 0 unspecified atom stereocenters. The molecule has 1 N–H and O–H groups in total. The highest BCUT2D eigenvalue weighted by molar-refractivity contribution is 7.92. The third-order valence-electron chi connectivity index (χ3n) is 4.10. The van der Waals surface area contributed by atoms with Crippen LogP contribution >= 0.6 is 11.6 Å². The molecule has 0 atom stereocenters. The molecule has 0 aliphatic heterocycles. The average Bonchev–Trinajstić information content (AvgIpc) is 2.65. The zero-order chi connectivity index (χ0) is 21.8. The van der Waals surface area contributed by atoms with Gasteiger partial charge in [-0.15, -0.1) is 0 Å². The van der Waals surface area contributed by atoms with Crippen molar-refractivity contribution < 1.29 is 22.7 Å². The van der Waals surface area contributed by atoms with Crippen LogP contribution in [0.5, 0.6) is 11.5 Å². The molecule has 1 amide bonds. The summed E-state index contributed by atoms with van der Waals surface area (Å²) in [7, 11) is -0.445. The zero-order valence-electron chi connectivity index (χ0n) is 17.0. The van der Waals surface area contributed by atoms with Gasteiger partial charge in [0.15, 0.2) is 11.5 Å². The molecule has 0 spiro atoms. The number of hydrogen-bond acceptors (Lipinski definition) is 5. The molecule has 7 nitrogen and oxygen atoms in total. The van der Waals surface area contributed by atoms with E-state index in [1.807, 2.05) is 19.9 Å². The Balaban J connectivity index is 2.11. The number of amides is 1. The number of rotatable bonds is 8. The van der Waals surface area contributed by atoms with Crippen LogP contribution in [0, 0.1) is 0 Å². The van der Waals surface area contributed by atoms with Gasteiger partial charge in [0.05, 0.1) is 35.7 Å². The quantitative estimate of drug-likeness (QED) is 0.679. The Kier molecular flexibility index (Phi) is 7.37. The van der Waals surface area contributed by atoms with E-state index in [1.165, 1.54) is 25.2 Å². The summed E-state index contributed by atoms with van der Waals surface area (Å²) in [5.41, 5.74) is 1.46. The van der Waals surface area contributed by atoms with Gasteiger partial charge in [-0.25, -0.2) is 8.42 Å². The van der Waals surface area contributed by atoms with Crippen LogP contribution in [-0.2, 0) is 16.6 Å². The molecular weight excluding hydrogens is 416 g/mol. The first-order valence-electron chi connectivity index (χ1n) is 8.88. The van der Waals surface area contributed by atoms with Crippen molar-refractivity contribution in [3.8, 4) is 11.5 Å². The molecule has 2 rings (SSSR count). The third-order valence-corrected chi connectivity index (χ3v) is 5.62. The van der Waals surface area contributed by atoms with Gasteiger partial charge in [0, 0.05) is 13.6 Å². The van der Waals surface area contributed by atoms with Crippen molar-refractivity contribution in [3.63, 3.8) is 0 Å². The number of anilines is 1. The summed E-state index contributed by atoms with van der Waals surface area (Å²) in [5, 5.41) is 2.96. The zero-order valence-corrected chi connectivity index (χ0v) is 18.6. The van der Waals surface area contributed by atoms with E-state index in [4.69, 9.17) is 21.1 Å². The van der Waals surface area contributed by atoms with E-state index in [0.29, 0.717) is 17.2 Å². The molecule has 0 saturated heterocycles. The van der Waals surface area contributed by atoms with Crippen LogP contribution in [0.4, 0.5) is 5.69 Å². The highest BCUT2D eigenvalue weighted by atomic mass is 35.5. The second-order valence-electron chi connectivity index (χ2n) is 6.73. The van der Waals surface area contributed by atoms with Crippen LogP contribution in [0.3, 0.4) is 0 Å². The second kappa shape index (κ2) is 9.37. The summed E-state index contributed by atoms with van der Waals surface area (Å²) in [4.78, 5) is 12.5. The van der Waals surface area contributed by atoms with Gasteiger partial charge in [0.2, 0.25) is 10.0 Å². The smallest absolute Gasteiger partial charge is 0.253 e. The molecule has 2 aromatic carbocycles. The summed E-state index contributed by atoms with van der Waals surface area (Å²) < 4.78 is 35.4. The first-order chi connectivity index (χ1) is 13.5. The van der Waals surface area contributed by atoms with Crippen LogP contribution in [0.1, 0.15) is 29.8 Å². The molecular formula is C20H25ClN2O5S. The Morgan fingerprint density at radius 2 is 1.86 bits per heavy atom. The molecule has 0 radical (unpaired) electrons. The number of nitrogens with zero attached hydrogens (tertiary/aromatic N) is 1. The van der Waals surface area contributed by atoms with E-state index in [0.717, 1.165) is 16.1 Å². The maximum Gasteiger partial charge on any atom is 0.253 e. The molecule has 2 aromatic rings. The monoisotopic (exact) mass is 440 g/mol. The topological polar surface area (TPSA) is 84.9 Å². The summed E-state index contributed by atoms with van der Waals surface area (Å²) in [6.07, 6.45) is 1.11. The summed E-state index contributed by atoms with van der Waals surface area (Å²) >= 11 is 6.20. The van der Waals surface area contributed by atoms with Gasteiger partial charge in [0.25, 0.3) is 5.91 Å². The number of methoxy groups -OCH3 is 1. The number of sulfonamides is 1. The van der Waals surface area contributed by atoms with E-state index >= 15 is 0 Å². The molecule has 0 aromatic heterocycles. The normalized spacial score (nSPS) is 11.3. The Bertz CT molecular complexity index is 992. The predicted molar refractivity (Wildman–Crippen MR) is 115 cm³/mol. The van der Waals surface area contributed by atoms with E-state index in [1.54, 1.807) is 19.2 Å². The van der Waals surface area contributed by atoms with E-state index in [9.17, 15) is 13.2 Å². The number of ether oxygens (including phenoxy) is 2. The molecule has 0 aliphatic carbocycles. The lowest BCUT2D eigenvalue weighted by molar-refractivity contribution is 0.0951. The SMILES string of the molecule is COc1cc(CNC(=O)c2ccc(N(C)S(C)(=O)=O)cc2Cl)ccc1OC(C)C. The van der Waals surface area contributed by atoms with Crippen LogP contribution in [0.2, 0.25) is 5.02 Å². The highest BCUT2D eigenvalue weighted by Crippen LogP contribution is 2.29. The van der Waals surface area contributed by atoms with Crippen molar-refractivity contribution in [2.45, 2.75) is 26.5 Å². The second-order valence-corrected chi connectivity index (χ2v) is 9.15. The number of carbonyl (C=O) groups excluding carboxylic acids is 1. The fourth-order valence-electron chi connectivity index (χ4n) is 2.53. The fraction of sp³-hybridized carbons (Fsp3) is 0.350. The number of benzene rings is 2.